The minimum atomic E-state index is -0.607. The number of aryl methyl sites for hydroxylation is 1. The normalized spacial score (nSPS) is 24.7. The van der Waals surface area contributed by atoms with Crippen LogP contribution >= 0.6 is 0 Å². The lowest BCUT2D eigenvalue weighted by molar-refractivity contribution is -0.153. The summed E-state index contributed by atoms with van der Waals surface area (Å²) in [7, 11) is 1.40. The maximum absolute atomic E-state index is 13.0. The van der Waals surface area contributed by atoms with Gasteiger partial charge in [-0.25, -0.2) is 0 Å². The molecule has 2 aliphatic rings. The Labute approximate surface area is 151 Å². The summed E-state index contributed by atoms with van der Waals surface area (Å²) in [6.45, 7) is 2.75. The molecule has 0 radical (unpaired) electrons. The molecule has 1 aliphatic heterocycles. The van der Waals surface area contributed by atoms with Gasteiger partial charge in [0.2, 0.25) is 5.43 Å². The first-order chi connectivity index (χ1) is 12.5. The Kier molecular flexibility index (Phi) is 3.86. The Morgan fingerprint density at radius 1 is 1.35 bits per heavy atom. The lowest BCUT2D eigenvalue weighted by Gasteiger charge is -2.25. The highest BCUT2D eigenvalue weighted by atomic mass is 16.5. The third-order valence-electron chi connectivity index (χ3n) is 6.10. The van der Waals surface area contributed by atoms with Gasteiger partial charge in [-0.05, 0) is 37.3 Å². The second-order valence-corrected chi connectivity index (χ2v) is 7.45. The molecule has 0 spiro atoms. The molecule has 1 aliphatic carbocycles. The SMILES string of the molecule is COC(=O)[C@]12CCC[C@H]1CN(C(=O)c1c[nH]c3c(C)cccc3c1=O)C2. The van der Waals surface area contributed by atoms with Gasteiger partial charge >= 0.3 is 5.97 Å². The number of ether oxygens (including phenoxy) is 1. The van der Waals surface area contributed by atoms with Crippen molar-refractivity contribution in [3.05, 3.63) is 45.7 Å². The quantitative estimate of drug-likeness (QED) is 0.839. The van der Waals surface area contributed by atoms with Gasteiger partial charge in [0.25, 0.3) is 5.91 Å². The Bertz CT molecular complexity index is 964. The van der Waals surface area contributed by atoms with Gasteiger partial charge in [0, 0.05) is 24.7 Å². The van der Waals surface area contributed by atoms with E-state index in [9.17, 15) is 14.4 Å². The standard InChI is InChI=1S/C20H22N2O4/c1-12-5-3-7-14-16(12)21-9-15(17(14)23)18(24)22-10-13-6-4-8-20(13,11-22)19(25)26-2/h3,5,7,9,13H,4,6,8,10-11H2,1-2H3,(H,21,23)/t13-,20-/m0/s1. The van der Waals surface area contributed by atoms with Gasteiger partial charge in [-0.1, -0.05) is 18.6 Å². The summed E-state index contributed by atoms with van der Waals surface area (Å²) in [5.41, 5.74) is 0.960. The molecule has 1 aromatic heterocycles. The molecule has 1 N–H and O–H groups in total. The fraction of sp³-hybridized carbons (Fsp3) is 0.450. The van der Waals surface area contributed by atoms with Crippen LogP contribution in [0.2, 0.25) is 0 Å². The van der Waals surface area contributed by atoms with Crippen molar-refractivity contribution < 1.29 is 14.3 Å². The fourth-order valence-electron chi connectivity index (χ4n) is 4.71. The van der Waals surface area contributed by atoms with Gasteiger partial charge in [-0.15, -0.1) is 0 Å². The molecule has 0 bridgehead atoms. The maximum Gasteiger partial charge on any atom is 0.313 e. The van der Waals surface area contributed by atoms with Crippen LogP contribution in [0.4, 0.5) is 0 Å². The molecule has 2 atom stereocenters. The van der Waals surface area contributed by atoms with E-state index >= 15 is 0 Å². The third-order valence-corrected chi connectivity index (χ3v) is 6.10. The highest BCUT2D eigenvalue weighted by molar-refractivity contribution is 5.98. The Morgan fingerprint density at radius 3 is 2.92 bits per heavy atom. The van der Waals surface area contributed by atoms with E-state index in [1.165, 1.54) is 13.3 Å². The number of esters is 1. The molecule has 2 fully saturated rings. The number of carbonyl (C=O) groups excluding carboxylic acids is 2. The van der Waals surface area contributed by atoms with Crippen molar-refractivity contribution >= 4 is 22.8 Å². The monoisotopic (exact) mass is 354 g/mol. The second-order valence-electron chi connectivity index (χ2n) is 7.45. The average Bonchev–Trinajstić information content (AvgIpc) is 3.20. The number of fused-ring (bicyclic) bond motifs is 2. The van der Waals surface area contributed by atoms with Crippen LogP contribution in [0.15, 0.2) is 29.2 Å². The molecule has 2 heterocycles. The van der Waals surface area contributed by atoms with Gasteiger partial charge in [-0.2, -0.15) is 0 Å². The van der Waals surface area contributed by atoms with Crippen molar-refractivity contribution in [2.75, 3.05) is 20.2 Å². The van der Waals surface area contributed by atoms with Crippen LogP contribution in [0.25, 0.3) is 10.9 Å². The molecule has 1 saturated heterocycles. The van der Waals surface area contributed by atoms with Gasteiger partial charge in [0.1, 0.15) is 5.56 Å². The molecule has 1 aromatic carbocycles. The zero-order valence-corrected chi connectivity index (χ0v) is 15.0. The Hall–Kier alpha value is -2.63. The van der Waals surface area contributed by atoms with Crippen LogP contribution in [0.1, 0.15) is 35.2 Å². The number of H-pyrrole nitrogens is 1. The number of hydrogen-bond donors (Lipinski definition) is 1. The first-order valence-corrected chi connectivity index (χ1v) is 8.96. The summed E-state index contributed by atoms with van der Waals surface area (Å²) in [5.74, 6) is -0.439. The fourth-order valence-corrected chi connectivity index (χ4v) is 4.71. The number of nitrogens with zero attached hydrogens (tertiary/aromatic N) is 1. The summed E-state index contributed by atoms with van der Waals surface area (Å²) in [6.07, 6.45) is 4.12. The smallest absolute Gasteiger partial charge is 0.313 e. The van der Waals surface area contributed by atoms with Crippen LogP contribution in [0.3, 0.4) is 0 Å². The molecule has 4 rings (SSSR count). The van der Waals surface area contributed by atoms with Gasteiger partial charge in [0.15, 0.2) is 0 Å². The number of nitrogens with one attached hydrogen (secondary N) is 1. The van der Waals surface area contributed by atoms with Crippen molar-refractivity contribution in [1.29, 1.82) is 0 Å². The molecule has 1 amide bonds. The molecular weight excluding hydrogens is 332 g/mol. The van der Waals surface area contributed by atoms with Crippen LogP contribution in [-0.2, 0) is 9.53 Å². The number of amides is 1. The van der Waals surface area contributed by atoms with E-state index in [1.807, 2.05) is 19.1 Å². The van der Waals surface area contributed by atoms with Crippen molar-refractivity contribution in [2.45, 2.75) is 26.2 Å². The molecule has 6 nitrogen and oxygen atoms in total. The highest BCUT2D eigenvalue weighted by Crippen LogP contribution is 2.49. The zero-order valence-electron chi connectivity index (χ0n) is 15.0. The minimum Gasteiger partial charge on any atom is -0.469 e. The number of benzene rings is 1. The third kappa shape index (κ3) is 2.28. The number of aromatic amines is 1. The molecule has 136 valence electrons. The van der Waals surface area contributed by atoms with E-state index in [0.29, 0.717) is 18.5 Å². The predicted molar refractivity (Wildman–Crippen MR) is 97.0 cm³/mol. The number of para-hydroxylation sites is 1. The number of likely N-dealkylation sites (tertiary alicyclic amines) is 1. The summed E-state index contributed by atoms with van der Waals surface area (Å²) in [4.78, 5) is 43.0. The summed E-state index contributed by atoms with van der Waals surface area (Å²) < 4.78 is 5.02. The number of carbonyl (C=O) groups is 2. The molecule has 0 unspecified atom stereocenters. The molecule has 6 heteroatoms. The van der Waals surface area contributed by atoms with E-state index in [0.717, 1.165) is 30.3 Å². The highest BCUT2D eigenvalue weighted by Gasteiger charge is 2.56. The van der Waals surface area contributed by atoms with Crippen molar-refractivity contribution in [3.63, 3.8) is 0 Å². The number of aromatic nitrogens is 1. The van der Waals surface area contributed by atoms with Crippen LogP contribution < -0.4 is 5.43 Å². The Balaban J connectivity index is 1.69. The molecule has 1 saturated carbocycles. The van der Waals surface area contributed by atoms with E-state index in [1.54, 1.807) is 11.0 Å². The molecular formula is C20H22N2O4. The van der Waals surface area contributed by atoms with Gasteiger partial charge < -0.3 is 14.6 Å². The molecule has 2 aromatic rings. The van der Waals surface area contributed by atoms with E-state index in [2.05, 4.69) is 4.98 Å². The lowest BCUT2D eigenvalue weighted by atomic mass is 9.81. The predicted octanol–water partition coefficient (Wildman–Crippen LogP) is 2.25. The van der Waals surface area contributed by atoms with Crippen LogP contribution in [0.5, 0.6) is 0 Å². The van der Waals surface area contributed by atoms with Gasteiger partial charge in [0.05, 0.1) is 18.0 Å². The van der Waals surface area contributed by atoms with Crippen molar-refractivity contribution in [3.8, 4) is 0 Å². The number of rotatable bonds is 2. The number of pyridine rings is 1. The topological polar surface area (TPSA) is 79.5 Å². The van der Waals surface area contributed by atoms with Crippen molar-refractivity contribution in [1.82, 2.24) is 9.88 Å². The van der Waals surface area contributed by atoms with E-state index in [-0.39, 0.29) is 28.8 Å². The van der Waals surface area contributed by atoms with E-state index in [4.69, 9.17) is 4.74 Å². The first kappa shape index (κ1) is 16.8. The average molecular weight is 354 g/mol. The zero-order chi connectivity index (χ0) is 18.5. The lowest BCUT2D eigenvalue weighted by Crippen LogP contribution is -2.39. The number of hydrogen-bond acceptors (Lipinski definition) is 4. The summed E-state index contributed by atoms with van der Waals surface area (Å²) in [6, 6.07) is 5.46. The van der Waals surface area contributed by atoms with Gasteiger partial charge in [-0.3, -0.25) is 14.4 Å². The summed E-state index contributed by atoms with van der Waals surface area (Å²) >= 11 is 0. The van der Waals surface area contributed by atoms with E-state index < -0.39 is 5.41 Å². The van der Waals surface area contributed by atoms with Crippen LogP contribution in [0, 0.1) is 18.3 Å². The Morgan fingerprint density at radius 2 is 2.15 bits per heavy atom. The first-order valence-electron chi connectivity index (χ1n) is 8.96. The summed E-state index contributed by atoms with van der Waals surface area (Å²) in [5, 5.41) is 0.512. The van der Waals surface area contributed by atoms with Crippen LogP contribution in [-0.4, -0.2) is 42.0 Å². The maximum atomic E-state index is 13.0. The second kappa shape index (κ2) is 5.97. The largest absolute Gasteiger partial charge is 0.469 e. The molecule has 26 heavy (non-hydrogen) atoms. The minimum absolute atomic E-state index is 0.112. The van der Waals surface area contributed by atoms with Crippen molar-refractivity contribution in [2.24, 2.45) is 11.3 Å². The number of methoxy groups -OCH3 is 1.